The van der Waals surface area contributed by atoms with E-state index >= 15 is 0 Å². The second kappa shape index (κ2) is 5.95. The average molecular weight is 339 g/mol. The first-order valence-corrected chi connectivity index (χ1v) is 6.23. The van der Waals surface area contributed by atoms with Gasteiger partial charge in [-0.05, 0) is 12.1 Å². The van der Waals surface area contributed by atoms with E-state index in [2.05, 4.69) is 9.84 Å². The highest BCUT2D eigenvalue weighted by Crippen LogP contribution is 2.40. The van der Waals surface area contributed by atoms with Crippen LogP contribution in [-0.4, -0.2) is 22.7 Å². The summed E-state index contributed by atoms with van der Waals surface area (Å²) in [7, 11) is 1.29. The number of hydrogen-bond acceptors (Lipinski definition) is 3. The topological polar surface area (TPSA) is 44.1 Å². The molecule has 0 saturated heterocycles. The first kappa shape index (κ1) is 15.7. The molecule has 1 aromatic heterocycles. The van der Waals surface area contributed by atoms with Gasteiger partial charge in [0.05, 0.1) is 10.6 Å². The molecule has 0 N–H and O–H groups in total. The molecule has 0 aliphatic carbocycles. The van der Waals surface area contributed by atoms with Gasteiger partial charge >= 0.3 is 6.61 Å². The van der Waals surface area contributed by atoms with Gasteiger partial charge in [0.15, 0.2) is 6.29 Å². The number of halogens is 5. The van der Waals surface area contributed by atoms with Crippen molar-refractivity contribution in [2.24, 2.45) is 7.05 Å². The number of rotatable bonds is 4. The molecule has 21 heavy (non-hydrogen) atoms. The maximum atomic E-state index is 13.9. The molecule has 1 aromatic carbocycles. The Morgan fingerprint density at radius 3 is 2.57 bits per heavy atom. The minimum atomic E-state index is -3.12. The summed E-state index contributed by atoms with van der Waals surface area (Å²) in [6.45, 7) is -3.12. The van der Waals surface area contributed by atoms with E-state index in [1.165, 1.54) is 13.1 Å². The summed E-state index contributed by atoms with van der Waals surface area (Å²) in [5.41, 5.74) is -0.432. The van der Waals surface area contributed by atoms with E-state index < -0.39 is 18.3 Å². The number of benzene rings is 1. The van der Waals surface area contributed by atoms with Crippen molar-refractivity contribution in [1.82, 2.24) is 9.78 Å². The monoisotopic (exact) mass is 338 g/mol. The Morgan fingerprint density at radius 2 is 2.00 bits per heavy atom. The second-order valence-electron chi connectivity index (χ2n) is 3.91. The van der Waals surface area contributed by atoms with E-state index in [1.807, 2.05) is 0 Å². The quantitative estimate of drug-likeness (QED) is 0.793. The van der Waals surface area contributed by atoms with Gasteiger partial charge < -0.3 is 4.74 Å². The van der Waals surface area contributed by atoms with Crippen molar-refractivity contribution in [2.45, 2.75) is 6.61 Å². The van der Waals surface area contributed by atoms with Crippen LogP contribution < -0.4 is 4.74 Å². The first-order valence-electron chi connectivity index (χ1n) is 5.47. The van der Waals surface area contributed by atoms with Crippen molar-refractivity contribution in [3.8, 4) is 17.1 Å². The summed E-state index contributed by atoms with van der Waals surface area (Å²) in [6.07, 6.45) is 0.429. The Balaban J connectivity index is 2.66. The Morgan fingerprint density at radius 1 is 1.33 bits per heavy atom. The van der Waals surface area contributed by atoms with Gasteiger partial charge in [-0.25, -0.2) is 9.07 Å². The number of hydrogen-bond donors (Lipinski definition) is 0. The third kappa shape index (κ3) is 2.84. The molecule has 0 bridgehead atoms. The normalized spacial score (nSPS) is 11.0. The van der Waals surface area contributed by atoms with Crippen LogP contribution in [0, 0.1) is 5.82 Å². The van der Waals surface area contributed by atoms with E-state index in [-0.39, 0.29) is 26.9 Å². The van der Waals surface area contributed by atoms with Crippen LogP contribution in [0.1, 0.15) is 10.4 Å². The highest BCUT2D eigenvalue weighted by molar-refractivity contribution is 6.38. The first-order chi connectivity index (χ1) is 9.86. The molecule has 0 atom stereocenters. The van der Waals surface area contributed by atoms with Crippen LogP contribution in [0.3, 0.4) is 0 Å². The number of alkyl halides is 2. The number of nitrogens with zero attached hydrogens (tertiary/aromatic N) is 2. The maximum Gasteiger partial charge on any atom is 0.388 e. The summed E-state index contributed by atoms with van der Waals surface area (Å²) in [6, 6.07) is 2.19. The number of aldehydes is 1. The smallest absolute Gasteiger partial charge is 0.388 e. The van der Waals surface area contributed by atoms with Gasteiger partial charge in [-0.3, -0.25) is 4.79 Å². The fraction of sp³-hybridized carbons (Fsp3) is 0.167. The fourth-order valence-corrected chi connectivity index (χ4v) is 2.32. The molecule has 0 spiro atoms. The van der Waals surface area contributed by atoms with E-state index in [0.717, 1.165) is 10.7 Å². The van der Waals surface area contributed by atoms with Crippen LogP contribution in [0.5, 0.6) is 5.88 Å². The van der Waals surface area contributed by atoms with Gasteiger partial charge in [0.25, 0.3) is 0 Å². The van der Waals surface area contributed by atoms with Gasteiger partial charge in [0, 0.05) is 12.6 Å². The van der Waals surface area contributed by atoms with Gasteiger partial charge in [-0.1, -0.05) is 23.2 Å². The lowest BCUT2D eigenvalue weighted by atomic mass is 10.1. The fourth-order valence-electron chi connectivity index (χ4n) is 1.73. The molecule has 0 unspecified atom stereocenters. The number of ether oxygens (including phenoxy) is 1. The molecule has 4 nitrogen and oxygen atoms in total. The van der Waals surface area contributed by atoms with Crippen molar-refractivity contribution in [2.75, 3.05) is 0 Å². The summed E-state index contributed by atoms with van der Waals surface area (Å²) >= 11 is 11.8. The summed E-state index contributed by atoms with van der Waals surface area (Å²) in [5.74, 6) is -1.23. The largest absolute Gasteiger partial charge is 0.416 e. The molecule has 0 saturated carbocycles. The van der Waals surface area contributed by atoms with E-state index in [1.54, 1.807) is 0 Å². The van der Waals surface area contributed by atoms with Crippen LogP contribution in [0.15, 0.2) is 12.1 Å². The van der Waals surface area contributed by atoms with Gasteiger partial charge in [-0.15, -0.1) is 0 Å². The minimum absolute atomic E-state index is 0.0196. The SMILES string of the molecule is Cn1nc(-c2c(F)ccc(C=O)c2Cl)c(Cl)c1OC(F)F. The Hall–Kier alpha value is -1.73. The molecule has 0 radical (unpaired) electrons. The predicted molar refractivity (Wildman–Crippen MR) is 70.6 cm³/mol. The minimum Gasteiger partial charge on any atom is -0.416 e. The molecule has 1 heterocycles. The molecule has 0 fully saturated rings. The van der Waals surface area contributed by atoms with Gasteiger partial charge in [0.1, 0.15) is 16.5 Å². The number of carbonyl (C=O) groups is 1. The van der Waals surface area contributed by atoms with Crippen LogP contribution in [0.2, 0.25) is 10.0 Å². The number of aromatic nitrogens is 2. The van der Waals surface area contributed by atoms with Gasteiger partial charge in [-0.2, -0.15) is 13.9 Å². The molecule has 0 aliphatic rings. The average Bonchev–Trinajstić information content (AvgIpc) is 2.67. The van der Waals surface area contributed by atoms with Crippen LogP contribution in [-0.2, 0) is 7.05 Å². The van der Waals surface area contributed by atoms with Crippen LogP contribution >= 0.6 is 23.2 Å². The lowest BCUT2D eigenvalue weighted by Crippen LogP contribution is -2.06. The van der Waals surface area contributed by atoms with Crippen molar-refractivity contribution >= 4 is 29.5 Å². The van der Waals surface area contributed by atoms with Gasteiger partial charge in [0.2, 0.25) is 5.88 Å². The van der Waals surface area contributed by atoms with Crippen molar-refractivity contribution in [3.63, 3.8) is 0 Å². The summed E-state index contributed by atoms with van der Waals surface area (Å²) in [4.78, 5) is 10.8. The Labute approximate surface area is 127 Å². The molecule has 0 amide bonds. The molecule has 112 valence electrons. The maximum absolute atomic E-state index is 13.9. The highest BCUT2D eigenvalue weighted by Gasteiger charge is 2.25. The van der Waals surface area contributed by atoms with Crippen molar-refractivity contribution in [3.05, 3.63) is 33.6 Å². The van der Waals surface area contributed by atoms with Crippen LogP contribution in [0.4, 0.5) is 13.2 Å². The van der Waals surface area contributed by atoms with E-state index in [0.29, 0.717) is 6.29 Å². The molecule has 2 aromatic rings. The zero-order valence-electron chi connectivity index (χ0n) is 10.4. The standard InChI is InChI=1S/C12H7Cl2F3N2O2/c1-19-11(21-12(16)17)9(14)10(18-19)7-6(15)3-2-5(4-20)8(7)13/h2-4,12H,1H3. The van der Waals surface area contributed by atoms with Crippen molar-refractivity contribution in [1.29, 1.82) is 0 Å². The summed E-state index contributed by atoms with van der Waals surface area (Å²) in [5, 5.41) is 3.27. The molecular weight excluding hydrogens is 332 g/mol. The van der Waals surface area contributed by atoms with Crippen LogP contribution in [0.25, 0.3) is 11.3 Å². The zero-order valence-corrected chi connectivity index (χ0v) is 11.9. The second-order valence-corrected chi connectivity index (χ2v) is 4.67. The molecule has 9 heteroatoms. The molecular formula is C12H7Cl2F3N2O2. The predicted octanol–water partition coefficient (Wildman–Crippen LogP) is 3.95. The summed E-state index contributed by atoms with van der Waals surface area (Å²) < 4.78 is 43.7. The lowest BCUT2D eigenvalue weighted by Gasteiger charge is -2.06. The Bertz CT molecular complexity index is 704. The van der Waals surface area contributed by atoms with E-state index in [9.17, 15) is 18.0 Å². The zero-order chi connectivity index (χ0) is 15.7. The number of aryl methyl sites for hydroxylation is 1. The van der Waals surface area contributed by atoms with Crippen molar-refractivity contribution < 1.29 is 22.7 Å². The molecule has 0 aliphatic heterocycles. The molecule has 2 rings (SSSR count). The third-order valence-electron chi connectivity index (χ3n) is 2.63. The van der Waals surface area contributed by atoms with E-state index in [4.69, 9.17) is 23.2 Å². The third-order valence-corrected chi connectivity index (χ3v) is 3.37. The number of carbonyl (C=O) groups excluding carboxylic acids is 1. The highest BCUT2D eigenvalue weighted by atomic mass is 35.5. The lowest BCUT2D eigenvalue weighted by molar-refractivity contribution is -0.0552. The Kier molecular flexibility index (Phi) is 4.43.